The van der Waals surface area contributed by atoms with E-state index in [1.807, 2.05) is 6.07 Å². The number of halogens is 2. The predicted molar refractivity (Wildman–Crippen MR) is 113 cm³/mol. The molecule has 2 heterocycles. The second-order valence-electron chi connectivity index (χ2n) is 7.36. The second-order valence-corrected chi connectivity index (χ2v) is 7.76. The van der Waals surface area contributed by atoms with Crippen LogP contribution in [0, 0.1) is 5.92 Å². The Bertz CT molecular complexity index is 971. The van der Waals surface area contributed by atoms with Crippen molar-refractivity contribution in [1.29, 1.82) is 0 Å². The molecule has 1 aromatic heterocycles. The fraction of sp³-hybridized carbons (Fsp3) is 0.381. The van der Waals surface area contributed by atoms with Crippen LogP contribution in [0.1, 0.15) is 30.1 Å². The summed E-state index contributed by atoms with van der Waals surface area (Å²) in [5, 5.41) is 11.2. The fourth-order valence-electron chi connectivity index (χ4n) is 4.02. The van der Waals surface area contributed by atoms with Crippen molar-refractivity contribution in [3.05, 3.63) is 69.2 Å². The maximum atomic E-state index is 11.3. The molecule has 2 aromatic carbocycles. The van der Waals surface area contributed by atoms with Crippen molar-refractivity contribution < 1.29 is 9.52 Å². The van der Waals surface area contributed by atoms with Crippen LogP contribution in [-0.4, -0.2) is 34.6 Å². The number of hydrogen-bond donors (Lipinski definition) is 2. The van der Waals surface area contributed by atoms with Gasteiger partial charge in [0.25, 0.3) is 0 Å². The molecule has 2 atom stereocenters. The number of fused-ring (bicyclic) bond motifs is 1. The average molecular weight is 423 g/mol. The van der Waals surface area contributed by atoms with E-state index in [2.05, 4.69) is 34.1 Å². The minimum atomic E-state index is -0.724. The average Bonchev–Trinajstić information content (AvgIpc) is 3.01. The van der Waals surface area contributed by atoms with E-state index in [-0.39, 0.29) is 12.4 Å². The number of H-pyrrole nitrogens is 1. The second kappa shape index (κ2) is 9.14. The van der Waals surface area contributed by atoms with Gasteiger partial charge < -0.3 is 14.4 Å². The maximum Gasteiger partial charge on any atom is 0.417 e. The summed E-state index contributed by atoms with van der Waals surface area (Å²) in [4.78, 5) is 16.2. The summed E-state index contributed by atoms with van der Waals surface area (Å²) >= 11 is 6.32. The predicted octanol–water partition coefficient (Wildman–Crippen LogP) is 4.18. The Labute approximate surface area is 174 Å². The van der Waals surface area contributed by atoms with E-state index in [1.165, 1.54) is 12.0 Å². The van der Waals surface area contributed by atoms with Crippen LogP contribution in [0.3, 0.4) is 0 Å². The van der Waals surface area contributed by atoms with Crippen LogP contribution in [0.2, 0.25) is 5.02 Å². The van der Waals surface area contributed by atoms with Crippen molar-refractivity contribution in [2.75, 3.05) is 19.6 Å². The third-order valence-electron chi connectivity index (χ3n) is 5.30. The van der Waals surface area contributed by atoms with E-state index < -0.39 is 11.9 Å². The van der Waals surface area contributed by atoms with Gasteiger partial charge >= 0.3 is 5.76 Å². The Kier molecular flexibility index (Phi) is 6.83. The van der Waals surface area contributed by atoms with Crippen LogP contribution in [0.25, 0.3) is 11.1 Å². The zero-order chi connectivity index (χ0) is 18.8. The molecule has 1 fully saturated rings. The van der Waals surface area contributed by atoms with Gasteiger partial charge in [-0.2, -0.15) is 0 Å². The minimum absolute atomic E-state index is 0. The van der Waals surface area contributed by atoms with Gasteiger partial charge in [0, 0.05) is 23.7 Å². The monoisotopic (exact) mass is 422 g/mol. The Morgan fingerprint density at radius 2 is 2.07 bits per heavy atom. The molecule has 0 bridgehead atoms. The first-order valence-corrected chi connectivity index (χ1v) is 9.73. The molecule has 2 N–H and O–H groups in total. The van der Waals surface area contributed by atoms with Gasteiger partial charge in [-0.05, 0) is 49.4 Å². The number of β-amino-alcohol motifs (C(OH)–C–C–N with tert-alkyl or cyclic N) is 1. The number of aromatic amines is 1. The largest absolute Gasteiger partial charge is 0.417 e. The molecule has 0 amide bonds. The molecule has 0 radical (unpaired) electrons. The smallest absolute Gasteiger partial charge is 0.408 e. The first-order valence-electron chi connectivity index (χ1n) is 9.35. The lowest BCUT2D eigenvalue weighted by Crippen LogP contribution is -2.38. The van der Waals surface area contributed by atoms with Gasteiger partial charge in [-0.3, -0.25) is 4.98 Å². The normalized spacial score (nSPS) is 18.7. The Morgan fingerprint density at radius 1 is 1.29 bits per heavy atom. The SMILES string of the molecule is Cl.O=c1[nH]c2cc(Cl)c(C(O)CN3CCC[C@@H](Cc4ccccc4)C3)cc2o1. The number of oxazole rings is 1. The number of rotatable bonds is 5. The highest BCUT2D eigenvalue weighted by molar-refractivity contribution is 6.32. The van der Waals surface area contributed by atoms with Crippen LogP contribution >= 0.6 is 24.0 Å². The van der Waals surface area contributed by atoms with Crippen molar-refractivity contribution in [3.63, 3.8) is 0 Å². The number of aliphatic hydroxyl groups is 1. The minimum Gasteiger partial charge on any atom is -0.408 e. The van der Waals surface area contributed by atoms with E-state index >= 15 is 0 Å². The Balaban J connectivity index is 0.00000225. The van der Waals surface area contributed by atoms with E-state index in [9.17, 15) is 9.90 Å². The first-order chi connectivity index (χ1) is 13.1. The molecule has 0 saturated carbocycles. The molecule has 7 heteroatoms. The van der Waals surface area contributed by atoms with Gasteiger partial charge in [-0.15, -0.1) is 12.4 Å². The third kappa shape index (κ3) is 4.78. The Hall–Kier alpha value is -1.79. The molecule has 4 rings (SSSR count). The molecule has 1 aliphatic rings. The summed E-state index contributed by atoms with van der Waals surface area (Å²) in [5.74, 6) is 0.0708. The topological polar surface area (TPSA) is 69.5 Å². The lowest BCUT2D eigenvalue weighted by Gasteiger charge is -2.34. The van der Waals surface area contributed by atoms with Crippen LogP contribution in [0.15, 0.2) is 51.7 Å². The molecular formula is C21H24Cl2N2O3. The first kappa shape index (κ1) is 20.9. The van der Waals surface area contributed by atoms with Gasteiger partial charge in [0.15, 0.2) is 5.58 Å². The van der Waals surface area contributed by atoms with E-state index in [4.69, 9.17) is 16.0 Å². The van der Waals surface area contributed by atoms with Gasteiger partial charge in [0.1, 0.15) is 0 Å². The van der Waals surface area contributed by atoms with Crippen molar-refractivity contribution in [2.24, 2.45) is 5.92 Å². The van der Waals surface area contributed by atoms with Crippen molar-refractivity contribution in [1.82, 2.24) is 9.88 Å². The molecule has 0 aliphatic carbocycles. The summed E-state index contributed by atoms with van der Waals surface area (Å²) in [7, 11) is 0. The van der Waals surface area contributed by atoms with Gasteiger partial charge in [0.05, 0.1) is 11.6 Å². The molecule has 1 unspecified atom stereocenters. The summed E-state index contributed by atoms with van der Waals surface area (Å²) in [6.45, 7) is 2.46. The van der Waals surface area contributed by atoms with Gasteiger partial charge in [-0.25, -0.2) is 4.79 Å². The molecule has 1 aliphatic heterocycles. The molecule has 0 spiro atoms. The van der Waals surface area contributed by atoms with Gasteiger partial charge in [0.2, 0.25) is 0 Å². The maximum absolute atomic E-state index is 11.3. The summed E-state index contributed by atoms with van der Waals surface area (Å²) in [6.07, 6.45) is 2.68. The number of likely N-dealkylation sites (tertiary alicyclic amines) is 1. The van der Waals surface area contributed by atoms with Crippen LogP contribution in [0.4, 0.5) is 0 Å². The van der Waals surface area contributed by atoms with E-state index in [0.717, 1.165) is 25.9 Å². The van der Waals surface area contributed by atoms with Crippen molar-refractivity contribution in [2.45, 2.75) is 25.4 Å². The molecular weight excluding hydrogens is 399 g/mol. The number of nitrogens with zero attached hydrogens (tertiary/aromatic N) is 1. The standard InChI is InChI=1S/C21H23ClN2O3.ClH/c22-17-11-18-20(27-21(26)23-18)10-16(17)19(25)13-24-8-4-7-15(12-24)9-14-5-2-1-3-6-14;/h1-3,5-6,10-11,15,19,25H,4,7-9,12-13H2,(H,23,26);1H/t15-,19?;/m0./s1. The number of hydrogen-bond acceptors (Lipinski definition) is 4. The highest BCUT2D eigenvalue weighted by Crippen LogP contribution is 2.29. The summed E-state index contributed by atoms with van der Waals surface area (Å²) in [5.41, 5.74) is 2.92. The quantitative estimate of drug-likeness (QED) is 0.646. The number of benzene rings is 2. The zero-order valence-electron chi connectivity index (χ0n) is 15.4. The Morgan fingerprint density at radius 3 is 2.86 bits per heavy atom. The third-order valence-corrected chi connectivity index (χ3v) is 5.63. The van der Waals surface area contributed by atoms with Crippen LogP contribution in [-0.2, 0) is 6.42 Å². The molecule has 150 valence electrons. The molecule has 5 nitrogen and oxygen atoms in total. The number of nitrogens with one attached hydrogen (secondary N) is 1. The zero-order valence-corrected chi connectivity index (χ0v) is 17.0. The van der Waals surface area contributed by atoms with Crippen molar-refractivity contribution >= 4 is 35.1 Å². The number of aromatic nitrogens is 1. The van der Waals surface area contributed by atoms with Gasteiger partial charge in [-0.1, -0.05) is 41.9 Å². The van der Waals surface area contributed by atoms with Crippen molar-refractivity contribution in [3.8, 4) is 0 Å². The van der Waals surface area contributed by atoms with Crippen LogP contribution in [0.5, 0.6) is 0 Å². The molecule has 28 heavy (non-hydrogen) atoms. The summed E-state index contributed by atoms with van der Waals surface area (Å²) in [6, 6.07) is 13.8. The summed E-state index contributed by atoms with van der Waals surface area (Å²) < 4.78 is 5.09. The molecule has 3 aromatic rings. The van der Waals surface area contributed by atoms with E-state index in [0.29, 0.717) is 34.1 Å². The lowest BCUT2D eigenvalue weighted by atomic mass is 9.91. The van der Waals surface area contributed by atoms with Crippen LogP contribution < -0.4 is 5.76 Å². The highest BCUT2D eigenvalue weighted by atomic mass is 35.5. The highest BCUT2D eigenvalue weighted by Gasteiger charge is 2.24. The fourth-order valence-corrected chi connectivity index (χ4v) is 4.31. The number of aliphatic hydroxyl groups excluding tert-OH is 1. The lowest BCUT2D eigenvalue weighted by molar-refractivity contribution is 0.0845. The number of piperidine rings is 1. The molecule has 1 saturated heterocycles. The van der Waals surface area contributed by atoms with E-state index in [1.54, 1.807) is 12.1 Å².